The average molecular weight is 211 g/mol. The highest BCUT2D eigenvalue weighted by Crippen LogP contribution is 2.25. The number of alkyl halides is 1. The van der Waals surface area contributed by atoms with Crippen LogP contribution in [0.5, 0.6) is 0 Å². The van der Waals surface area contributed by atoms with Crippen LogP contribution in [0.1, 0.15) is 18.2 Å². The van der Waals surface area contributed by atoms with Gasteiger partial charge in [0.05, 0.1) is 24.1 Å². The first-order chi connectivity index (χ1) is 6.86. The molecule has 0 bridgehead atoms. The normalized spacial score (nSPS) is 10.7. The quantitative estimate of drug-likeness (QED) is 0.792. The standard InChI is InChI=1S/C10H11ClN2O/c1-2-9-8(5-11)10(13-12-9)7-3-4-14-6-7/h3-4,6H,2,5H2,1H3,(H,12,13). The molecule has 0 saturated heterocycles. The first kappa shape index (κ1) is 9.34. The van der Waals surface area contributed by atoms with E-state index in [0.29, 0.717) is 5.88 Å². The number of furan rings is 1. The Kier molecular flexibility index (Phi) is 2.59. The predicted molar refractivity (Wildman–Crippen MR) is 55.2 cm³/mol. The third kappa shape index (κ3) is 1.44. The smallest absolute Gasteiger partial charge is 0.0999 e. The second-order valence-electron chi connectivity index (χ2n) is 3.03. The molecule has 2 rings (SSSR count). The van der Waals surface area contributed by atoms with Crippen molar-refractivity contribution in [3.8, 4) is 11.3 Å². The van der Waals surface area contributed by atoms with E-state index in [0.717, 1.165) is 28.9 Å². The van der Waals surface area contributed by atoms with Crippen LogP contribution in [0.15, 0.2) is 23.0 Å². The monoisotopic (exact) mass is 210 g/mol. The molecule has 0 spiro atoms. The fourth-order valence-electron chi connectivity index (χ4n) is 1.48. The second kappa shape index (κ2) is 3.88. The summed E-state index contributed by atoms with van der Waals surface area (Å²) in [7, 11) is 0. The molecule has 2 aromatic heterocycles. The fraction of sp³-hybridized carbons (Fsp3) is 0.300. The zero-order chi connectivity index (χ0) is 9.97. The molecule has 2 heterocycles. The Morgan fingerprint density at radius 1 is 1.57 bits per heavy atom. The highest BCUT2D eigenvalue weighted by molar-refractivity contribution is 6.17. The lowest BCUT2D eigenvalue weighted by Crippen LogP contribution is -1.86. The summed E-state index contributed by atoms with van der Waals surface area (Å²) >= 11 is 5.88. The summed E-state index contributed by atoms with van der Waals surface area (Å²) in [6.45, 7) is 2.07. The van der Waals surface area contributed by atoms with Crippen LogP contribution in [0.4, 0.5) is 0 Å². The number of halogens is 1. The van der Waals surface area contributed by atoms with Gasteiger partial charge in [0.15, 0.2) is 0 Å². The number of nitrogens with one attached hydrogen (secondary N) is 1. The van der Waals surface area contributed by atoms with Gasteiger partial charge in [-0.15, -0.1) is 11.6 Å². The van der Waals surface area contributed by atoms with Gasteiger partial charge in [-0.2, -0.15) is 5.10 Å². The maximum absolute atomic E-state index is 5.88. The molecule has 14 heavy (non-hydrogen) atoms. The van der Waals surface area contributed by atoms with Gasteiger partial charge in [0.1, 0.15) is 0 Å². The Morgan fingerprint density at radius 3 is 3.00 bits per heavy atom. The van der Waals surface area contributed by atoms with E-state index >= 15 is 0 Å². The van der Waals surface area contributed by atoms with Crippen molar-refractivity contribution in [2.75, 3.05) is 0 Å². The molecule has 0 amide bonds. The molecule has 3 nitrogen and oxygen atoms in total. The van der Waals surface area contributed by atoms with Crippen molar-refractivity contribution in [2.45, 2.75) is 19.2 Å². The van der Waals surface area contributed by atoms with Gasteiger partial charge in [-0.3, -0.25) is 5.10 Å². The van der Waals surface area contributed by atoms with Crippen LogP contribution in [0.2, 0.25) is 0 Å². The molecule has 0 aliphatic carbocycles. The minimum absolute atomic E-state index is 0.472. The highest BCUT2D eigenvalue weighted by Gasteiger charge is 2.13. The Bertz CT molecular complexity index is 406. The van der Waals surface area contributed by atoms with Gasteiger partial charge in [-0.1, -0.05) is 6.92 Å². The van der Waals surface area contributed by atoms with Crippen molar-refractivity contribution in [2.24, 2.45) is 0 Å². The molecule has 74 valence electrons. The maximum atomic E-state index is 5.88. The lowest BCUT2D eigenvalue weighted by molar-refractivity contribution is 0.568. The third-order valence-corrected chi connectivity index (χ3v) is 2.50. The van der Waals surface area contributed by atoms with Crippen molar-refractivity contribution in [1.29, 1.82) is 0 Å². The van der Waals surface area contributed by atoms with Gasteiger partial charge in [0, 0.05) is 16.8 Å². The lowest BCUT2D eigenvalue weighted by atomic mass is 10.1. The van der Waals surface area contributed by atoms with E-state index in [-0.39, 0.29) is 0 Å². The summed E-state index contributed by atoms with van der Waals surface area (Å²) in [5, 5.41) is 7.22. The SMILES string of the molecule is CCc1[nH]nc(-c2ccoc2)c1CCl. The Hall–Kier alpha value is -1.22. The molecule has 0 radical (unpaired) electrons. The lowest BCUT2D eigenvalue weighted by Gasteiger charge is -1.97. The number of aryl methyl sites for hydroxylation is 1. The van der Waals surface area contributed by atoms with Crippen LogP contribution in [0.25, 0.3) is 11.3 Å². The molecule has 0 saturated carbocycles. The van der Waals surface area contributed by atoms with E-state index in [9.17, 15) is 0 Å². The predicted octanol–water partition coefficient (Wildman–Crippen LogP) is 2.97. The molecule has 0 aliphatic rings. The summed E-state index contributed by atoms with van der Waals surface area (Å²) in [4.78, 5) is 0. The zero-order valence-electron chi connectivity index (χ0n) is 7.88. The average Bonchev–Trinajstić information content (AvgIpc) is 2.85. The van der Waals surface area contributed by atoms with Crippen LogP contribution >= 0.6 is 11.6 Å². The molecule has 4 heteroatoms. The van der Waals surface area contributed by atoms with Gasteiger partial charge in [0.25, 0.3) is 0 Å². The van der Waals surface area contributed by atoms with Crippen LogP contribution in [0, 0.1) is 0 Å². The molecular weight excluding hydrogens is 200 g/mol. The Balaban J connectivity index is 2.48. The number of aromatic nitrogens is 2. The summed E-state index contributed by atoms with van der Waals surface area (Å²) in [5.74, 6) is 0.472. The molecule has 0 unspecified atom stereocenters. The van der Waals surface area contributed by atoms with E-state index in [1.807, 2.05) is 6.07 Å². The van der Waals surface area contributed by atoms with Crippen LogP contribution in [-0.4, -0.2) is 10.2 Å². The van der Waals surface area contributed by atoms with Crippen molar-refractivity contribution < 1.29 is 4.42 Å². The number of hydrogen-bond acceptors (Lipinski definition) is 2. The van der Waals surface area contributed by atoms with Crippen LogP contribution in [-0.2, 0) is 12.3 Å². The van der Waals surface area contributed by atoms with Crippen molar-refractivity contribution in [1.82, 2.24) is 10.2 Å². The van der Waals surface area contributed by atoms with E-state index in [4.69, 9.17) is 16.0 Å². The third-order valence-electron chi connectivity index (χ3n) is 2.23. The molecule has 0 aromatic carbocycles. The number of aromatic amines is 1. The van der Waals surface area contributed by atoms with Crippen molar-refractivity contribution in [3.05, 3.63) is 29.9 Å². The molecule has 2 aromatic rings. The summed E-state index contributed by atoms with van der Waals surface area (Å²) in [6.07, 6.45) is 4.21. The first-order valence-corrected chi connectivity index (χ1v) is 5.05. The van der Waals surface area contributed by atoms with Gasteiger partial charge >= 0.3 is 0 Å². The Labute approximate surface area is 87.1 Å². The van der Waals surface area contributed by atoms with Gasteiger partial charge in [0.2, 0.25) is 0 Å². The van der Waals surface area contributed by atoms with E-state index < -0.39 is 0 Å². The van der Waals surface area contributed by atoms with Gasteiger partial charge in [-0.25, -0.2) is 0 Å². The highest BCUT2D eigenvalue weighted by atomic mass is 35.5. The molecule has 1 N–H and O–H groups in total. The number of rotatable bonds is 3. The summed E-state index contributed by atoms with van der Waals surface area (Å²) < 4.78 is 5.01. The first-order valence-electron chi connectivity index (χ1n) is 4.51. The van der Waals surface area contributed by atoms with Gasteiger partial charge in [-0.05, 0) is 12.5 Å². The topological polar surface area (TPSA) is 41.8 Å². The van der Waals surface area contributed by atoms with E-state index in [1.165, 1.54) is 0 Å². The molecule has 0 aliphatic heterocycles. The van der Waals surface area contributed by atoms with Gasteiger partial charge < -0.3 is 4.42 Å². The van der Waals surface area contributed by atoms with Crippen molar-refractivity contribution in [3.63, 3.8) is 0 Å². The van der Waals surface area contributed by atoms with Crippen LogP contribution in [0.3, 0.4) is 0 Å². The molecule has 0 fully saturated rings. The number of hydrogen-bond donors (Lipinski definition) is 1. The zero-order valence-corrected chi connectivity index (χ0v) is 8.64. The van der Waals surface area contributed by atoms with Crippen LogP contribution < -0.4 is 0 Å². The Morgan fingerprint density at radius 2 is 2.43 bits per heavy atom. The van der Waals surface area contributed by atoms with E-state index in [1.54, 1.807) is 12.5 Å². The number of H-pyrrole nitrogens is 1. The maximum Gasteiger partial charge on any atom is 0.0999 e. The number of nitrogens with zero attached hydrogens (tertiary/aromatic N) is 1. The minimum Gasteiger partial charge on any atom is -0.472 e. The molecule has 0 atom stereocenters. The minimum atomic E-state index is 0.472. The van der Waals surface area contributed by atoms with E-state index in [2.05, 4.69) is 17.1 Å². The second-order valence-corrected chi connectivity index (χ2v) is 3.30. The molecular formula is C10H11ClN2O. The summed E-state index contributed by atoms with van der Waals surface area (Å²) in [6, 6.07) is 1.88. The van der Waals surface area contributed by atoms with Crippen molar-refractivity contribution >= 4 is 11.6 Å². The fourth-order valence-corrected chi connectivity index (χ4v) is 1.76. The summed E-state index contributed by atoms with van der Waals surface area (Å²) in [5.41, 5.74) is 4.02. The largest absolute Gasteiger partial charge is 0.472 e.